The number of hydrogen-bond acceptors (Lipinski definition) is 6. The van der Waals surface area contributed by atoms with Crippen molar-refractivity contribution in [3.05, 3.63) is 46.1 Å². The third-order valence-electron chi connectivity index (χ3n) is 4.13. The van der Waals surface area contributed by atoms with Crippen LogP contribution >= 0.6 is 11.3 Å². The maximum Gasteiger partial charge on any atom is 0.410 e. The van der Waals surface area contributed by atoms with Crippen LogP contribution in [0.2, 0.25) is 0 Å². The summed E-state index contributed by atoms with van der Waals surface area (Å²) in [5, 5.41) is 12.6. The van der Waals surface area contributed by atoms with Crippen LogP contribution in [-0.2, 0) is 22.5 Å². The number of benzene rings is 1. The van der Waals surface area contributed by atoms with Gasteiger partial charge in [0.1, 0.15) is 22.6 Å². The summed E-state index contributed by atoms with van der Waals surface area (Å²) in [5.41, 5.74) is 1.27. The first-order valence-corrected chi connectivity index (χ1v) is 9.48. The third kappa shape index (κ3) is 4.40. The summed E-state index contributed by atoms with van der Waals surface area (Å²) >= 11 is 1.27. The number of amides is 2. The molecule has 0 fully saturated rings. The molecule has 2 amide bonds. The molecule has 0 radical (unpaired) electrons. The summed E-state index contributed by atoms with van der Waals surface area (Å²) in [7, 11) is 0. The molecular formula is C19H18FN3O4S. The maximum absolute atomic E-state index is 12.9. The summed E-state index contributed by atoms with van der Waals surface area (Å²) in [5.74, 6) is -0.453. The second-order valence-corrected chi connectivity index (χ2v) is 7.09. The van der Waals surface area contributed by atoms with Gasteiger partial charge in [-0.05, 0) is 43.2 Å². The van der Waals surface area contributed by atoms with Crippen LogP contribution in [-0.4, -0.2) is 36.7 Å². The number of carbonyl (C=O) groups excluding carboxylic acids is 2. The van der Waals surface area contributed by atoms with Crippen molar-refractivity contribution in [2.45, 2.75) is 19.9 Å². The number of fused-ring (bicyclic) bond motifs is 1. The van der Waals surface area contributed by atoms with Gasteiger partial charge in [0.15, 0.2) is 6.61 Å². The van der Waals surface area contributed by atoms with Crippen LogP contribution in [0, 0.1) is 17.1 Å². The highest BCUT2D eigenvalue weighted by Crippen LogP contribution is 2.36. The number of ether oxygens (including phenoxy) is 2. The molecule has 28 heavy (non-hydrogen) atoms. The fourth-order valence-corrected chi connectivity index (χ4v) is 4.05. The van der Waals surface area contributed by atoms with Crippen molar-refractivity contribution in [3.63, 3.8) is 0 Å². The molecule has 0 unspecified atom stereocenters. The zero-order valence-corrected chi connectivity index (χ0v) is 16.0. The molecule has 1 N–H and O–H groups in total. The van der Waals surface area contributed by atoms with E-state index in [0.29, 0.717) is 42.4 Å². The first kappa shape index (κ1) is 19.6. The largest absolute Gasteiger partial charge is 0.484 e. The van der Waals surface area contributed by atoms with Crippen LogP contribution in [0.5, 0.6) is 5.75 Å². The molecule has 2 aromatic rings. The Morgan fingerprint density at radius 3 is 2.79 bits per heavy atom. The molecule has 3 rings (SSSR count). The molecule has 0 saturated heterocycles. The van der Waals surface area contributed by atoms with E-state index in [9.17, 15) is 19.2 Å². The SMILES string of the molecule is CCOC(=O)N1CCc2c(sc(NC(=O)COc3ccc(F)cc3)c2C#N)C1. The van der Waals surface area contributed by atoms with E-state index < -0.39 is 17.8 Å². The van der Waals surface area contributed by atoms with Gasteiger partial charge in [-0.1, -0.05) is 0 Å². The number of nitrogens with zero attached hydrogens (tertiary/aromatic N) is 2. The van der Waals surface area contributed by atoms with Crippen molar-refractivity contribution in [1.82, 2.24) is 4.90 Å². The minimum absolute atomic E-state index is 0.270. The van der Waals surface area contributed by atoms with Gasteiger partial charge in [0.05, 0.1) is 18.7 Å². The molecule has 146 valence electrons. The normalized spacial score (nSPS) is 12.7. The van der Waals surface area contributed by atoms with Crippen molar-refractivity contribution >= 4 is 28.3 Å². The van der Waals surface area contributed by atoms with E-state index in [1.807, 2.05) is 0 Å². The number of nitrogens with one attached hydrogen (secondary N) is 1. The average Bonchev–Trinajstić information content (AvgIpc) is 3.03. The van der Waals surface area contributed by atoms with Gasteiger partial charge in [0.2, 0.25) is 0 Å². The first-order valence-electron chi connectivity index (χ1n) is 8.66. The van der Waals surface area contributed by atoms with E-state index >= 15 is 0 Å². The predicted molar refractivity (Wildman–Crippen MR) is 101 cm³/mol. The van der Waals surface area contributed by atoms with Gasteiger partial charge in [-0.25, -0.2) is 9.18 Å². The van der Waals surface area contributed by atoms with Gasteiger partial charge in [0.25, 0.3) is 5.91 Å². The van der Waals surface area contributed by atoms with Crippen LogP contribution in [0.25, 0.3) is 0 Å². The Morgan fingerprint density at radius 1 is 1.36 bits per heavy atom. The maximum atomic E-state index is 12.9. The quantitative estimate of drug-likeness (QED) is 0.827. The highest BCUT2D eigenvalue weighted by atomic mass is 32.1. The third-order valence-corrected chi connectivity index (χ3v) is 5.26. The highest BCUT2D eigenvalue weighted by Gasteiger charge is 2.28. The second kappa shape index (κ2) is 8.71. The summed E-state index contributed by atoms with van der Waals surface area (Å²) in [4.78, 5) is 26.5. The molecule has 1 aromatic heterocycles. The van der Waals surface area contributed by atoms with Gasteiger partial charge in [-0.2, -0.15) is 5.26 Å². The average molecular weight is 403 g/mol. The van der Waals surface area contributed by atoms with Gasteiger partial charge >= 0.3 is 6.09 Å². The minimum Gasteiger partial charge on any atom is -0.484 e. The van der Waals surface area contributed by atoms with Gasteiger partial charge in [0, 0.05) is 11.4 Å². The number of carbonyl (C=O) groups is 2. The fraction of sp³-hybridized carbons (Fsp3) is 0.316. The monoisotopic (exact) mass is 403 g/mol. The molecule has 0 saturated carbocycles. The standard InChI is InChI=1S/C19H18FN3O4S/c1-2-26-19(25)23-8-7-14-15(9-21)18(28-16(14)10-23)22-17(24)11-27-13-5-3-12(20)4-6-13/h3-6H,2,7-8,10-11H2,1H3,(H,22,24). The number of halogens is 1. The molecule has 2 heterocycles. The van der Waals surface area contributed by atoms with Crippen molar-refractivity contribution in [1.29, 1.82) is 5.26 Å². The summed E-state index contributed by atoms with van der Waals surface area (Å²) in [6.45, 7) is 2.57. The molecule has 0 atom stereocenters. The van der Waals surface area contributed by atoms with E-state index in [1.165, 1.54) is 35.6 Å². The highest BCUT2D eigenvalue weighted by molar-refractivity contribution is 7.16. The number of anilines is 1. The number of hydrogen-bond donors (Lipinski definition) is 1. The number of rotatable bonds is 5. The lowest BCUT2D eigenvalue weighted by Crippen LogP contribution is -2.35. The first-order chi connectivity index (χ1) is 13.5. The lowest BCUT2D eigenvalue weighted by Gasteiger charge is -2.25. The van der Waals surface area contributed by atoms with Crippen LogP contribution in [0.15, 0.2) is 24.3 Å². The molecule has 9 heteroatoms. The Labute approximate surface area is 165 Å². The van der Waals surface area contributed by atoms with Gasteiger partial charge in [-0.3, -0.25) is 4.79 Å². The Hall–Kier alpha value is -3.12. The summed E-state index contributed by atoms with van der Waals surface area (Å²) < 4.78 is 23.2. The Morgan fingerprint density at radius 2 is 2.11 bits per heavy atom. The smallest absolute Gasteiger partial charge is 0.410 e. The van der Waals surface area contributed by atoms with E-state index in [-0.39, 0.29) is 6.61 Å². The number of thiophene rings is 1. The van der Waals surface area contributed by atoms with Gasteiger partial charge < -0.3 is 19.7 Å². The Kier molecular flexibility index (Phi) is 6.11. The topological polar surface area (TPSA) is 91.7 Å². The molecule has 1 aliphatic heterocycles. The minimum atomic E-state index is -0.429. The lowest BCUT2D eigenvalue weighted by molar-refractivity contribution is -0.118. The molecule has 1 aliphatic rings. The molecule has 1 aromatic carbocycles. The van der Waals surface area contributed by atoms with Crippen molar-refractivity contribution in [2.75, 3.05) is 25.1 Å². The van der Waals surface area contributed by atoms with Crippen LogP contribution in [0.1, 0.15) is 22.9 Å². The zero-order valence-electron chi connectivity index (χ0n) is 15.2. The van der Waals surface area contributed by atoms with Crippen LogP contribution in [0.4, 0.5) is 14.2 Å². The molecule has 0 spiro atoms. The number of nitriles is 1. The second-order valence-electron chi connectivity index (χ2n) is 5.98. The lowest BCUT2D eigenvalue weighted by atomic mass is 10.0. The van der Waals surface area contributed by atoms with E-state index in [4.69, 9.17) is 9.47 Å². The fourth-order valence-electron chi connectivity index (χ4n) is 2.82. The van der Waals surface area contributed by atoms with Crippen LogP contribution in [0.3, 0.4) is 0 Å². The van der Waals surface area contributed by atoms with Crippen molar-refractivity contribution in [3.8, 4) is 11.8 Å². The summed E-state index contributed by atoms with van der Waals surface area (Å²) in [6, 6.07) is 7.47. The Bertz CT molecular complexity index is 920. The van der Waals surface area contributed by atoms with Gasteiger partial charge in [-0.15, -0.1) is 11.3 Å². The molecule has 0 aliphatic carbocycles. The zero-order chi connectivity index (χ0) is 20.1. The van der Waals surface area contributed by atoms with Crippen LogP contribution < -0.4 is 10.1 Å². The van der Waals surface area contributed by atoms with E-state index in [2.05, 4.69) is 11.4 Å². The summed E-state index contributed by atoms with van der Waals surface area (Å²) in [6.07, 6.45) is 0.133. The molecular weight excluding hydrogens is 385 g/mol. The predicted octanol–water partition coefficient (Wildman–Crippen LogP) is 3.29. The molecule has 7 nitrogen and oxygen atoms in total. The van der Waals surface area contributed by atoms with E-state index in [1.54, 1.807) is 11.8 Å². The molecule has 0 bridgehead atoms. The van der Waals surface area contributed by atoms with E-state index in [0.717, 1.165) is 10.4 Å². The Balaban J connectivity index is 1.66. The van der Waals surface area contributed by atoms with Crippen molar-refractivity contribution in [2.24, 2.45) is 0 Å². The van der Waals surface area contributed by atoms with Crippen molar-refractivity contribution < 1.29 is 23.5 Å².